The quantitative estimate of drug-likeness (QED) is 0.678. The minimum Gasteiger partial charge on any atom is -0.460 e. The molecule has 0 aromatic heterocycles. The lowest BCUT2D eigenvalue weighted by atomic mass is 10.2. The SMILES string of the molecule is CC(C)OC(=O)COC(=O)c1cc(S(=O)(=O)N2CCCCC2)ccc1Cl. The number of hydrogen-bond donors (Lipinski definition) is 0. The molecule has 1 aliphatic rings. The van der Waals surface area contributed by atoms with E-state index < -0.39 is 28.6 Å². The van der Waals surface area contributed by atoms with Gasteiger partial charge in [-0.1, -0.05) is 18.0 Å². The number of carbonyl (C=O) groups excluding carboxylic acids is 2. The molecule has 0 radical (unpaired) electrons. The second-order valence-corrected chi connectivity index (χ2v) is 8.57. The Morgan fingerprint density at radius 3 is 2.46 bits per heavy atom. The first-order valence-electron chi connectivity index (χ1n) is 8.38. The van der Waals surface area contributed by atoms with Crippen LogP contribution in [0.15, 0.2) is 23.1 Å². The van der Waals surface area contributed by atoms with Crippen LogP contribution in [-0.2, 0) is 24.3 Å². The summed E-state index contributed by atoms with van der Waals surface area (Å²) < 4.78 is 36.6. The molecule has 1 saturated heterocycles. The summed E-state index contributed by atoms with van der Waals surface area (Å²) in [6.07, 6.45) is 2.28. The largest absolute Gasteiger partial charge is 0.460 e. The van der Waals surface area contributed by atoms with Gasteiger partial charge in [0.1, 0.15) is 0 Å². The van der Waals surface area contributed by atoms with Crippen LogP contribution >= 0.6 is 11.6 Å². The van der Waals surface area contributed by atoms with Crippen LogP contribution in [0.25, 0.3) is 0 Å². The molecule has 0 spiro atoms. The van der Waals surface area contributed by atoms with Crippen molar-refractivity contribution in [1.29, 1.82) is 0 Å². The predicted octanol–water partition coefficient (Wildman–Crippen LogP) is 2.62. The molecular formula is C17H22ClNO6S. The Morgan fingerprint density at radius 2 is 1.85 bits per heavy atom. The summed E-state index contributed by atoms with van der Waals surface area (Å²) in [6.45, 7) is 3.67. The van der Waals surface area contributed by atoms with E-state index in [2.05, 4.69) is 0 Å². The summed E-state index contributed by atoms with van der Waals surface area (Å²) in [6, 6.07) is 3.87. The molecule has 1 heterocycles. The van der Waals surface area contributed by atoms with Crippen LogP contribution in [0.5, 0.6) is 0 Å². The van der Waals surface area contributed by atoms with Crippen LogP contribution in [0.2, 0.25) is 5.02 Å². The van der Waals surface area contributed by atoms with Crippen LogP contribution in [-0.4, -0.2) is 50.5 Å². The Bertz CT molecular complexity index is 771. The second kappa shape index (κ2) is 8.83. The van der Waals surface area contributed by atoms with Crippen molar-refractivity contribution in [2.24, 2.45) is 0 Å². The number of nitrogens with zero attached hydrogens (tertiary/aromatic N) is 1. The summed E-state index contributed by atoms with van der Waals surface area (Å²) in [7, 11) is -3.71. The zero-order valence-electron chi connectivity index (χ0n) is 14.7. The van der Waals surface area contributed by atoms with E-state index in [0.29, 0.717) is 13.1 Å². The standard InChI is InChI=1S/C17H22ClNO6S/c1-12(2)25-16(20)11-24-17(21)14-10-13(6-7-15(14)18)26(22,23)19-8-4-3-5-9-19/h6-7,10,12H,3-5,8-9,11H2,1-2H3. The van der Waals surface area contributed by atoms with E-state index in [9.17, 15) is 18.0 Å². The minimum atomic E-state index is -3.71. The molecule has 7 nitrogen and oxygen atoms in total. The van der Waals surface area contributed by atoms with Gasteiger partial charge in [0, 0.05) is 13.1 Å². The summed E-state index contributed by atoms with van der Waals surface area (Å²) in [4.78, 5) is 23.6. The maximum Gasteiger partial charge on any atom is 0.344 e. The highest BCUT2D eigenvalue weighted by atomic mass is 35.5. The molecule has 0 atom stereocenters. The summed E-state index contributed by atoms with van der Waals surface area (Å²) >= 11 is 6.00. The van der Waals surface area contributed by atoms with Gasteiger partial charge < -0.3 is 9.47 Å². The number of carbonyl (C=O) groups is 2. The maximum atomic E-state index is 12.7. The lowest BCUT2D eigenvalue weighted by Crippen LogP contribution is -2.35. The van der Waals surface area contributed by atoms with E-state index in [-0.39, 0.29) is 21.6 Å². The molecule has 2 rings (SSSR count). The molecule has 1 aliphatic heterocycles. The highest BCUT2D eigenvalue weighted by Gasteiger charge is 2.27. The van der Waals surface area contributed by atoms with E-state index in [1.54, 1.807) is 13.8 Å². The van der Waals surface area contributed by atoms with Gasteiger partial charge in [0.2, 0.25) is 10.0 Å². The van der Waals surface area contributed by atoms with Gasteiger partial charge in [-0.05, 0) is 44.9 Å². The normalized spacial score (nSPS) is 15.7. The third-order valence-electron chi connectivity index (χ3n) is 3.80. The molecule has 0 aliphatic carbocycles. The first kappa shape index (κ1) is 20.7. The highest BCUT2D eigenvalue weighted by Crippen LogP contribution is 2.25. The molecule has 0 bridgehead atoms. The average Bonchev–Trinajstić information content (AvgIpc) is 2.60. The van der Waals surface area contributed by atoms with E-state index in [1.807, 2.05) is 0 Å². The van der Waals surface area contributed by atoms with Crippen molar-refractivity contribution in [2.75, 3.05) is 19.7 Å². The minimum absolute atomic E-state index is 0.0273. The van der Waals surface area contributed by atoms with Crippen molar-refractivity contribution in [2.45, 2.75) is 44.1 Å². The Kier molecular flexibility index (Phi) is 7.02. The molecule has 1 fully saturated rings. The highest BCUT2D eigenvalue weighted by molar-refractivity contribution is 7.89. The van der Waals surface area contributed by atoms with Crippen LogP contribution in [0.4, 0.5) is 0 Å². The molecular weight excluding hydrogens is 382 g/mol. The second-order valence-electron chi connectivity index (χ2n) is 6.22. The van der Waals surface area contributed by atoms with Crippen LogP contribution < -0.4 is 0 Å². The van der Waals surface area contributed by atoms with Crippen molar-refractivity contribution in [3.8, 4) is 0 Å². The topological polar surface area (TPSA) is 90.0 Å². The van der Waals surface area contributed by atoms with Gasteiger partial charge in [0.05, 0.1) is 21.6 Å². The van der Waals surface area contributed by atoms with Crippen molar-refractivity contribution in [3.05, 3.63) is 28.8 Å². The van der Waals surface area contributed by atoms with E-state index >= 15 is 0 Å². The first-order chi connectivity index (χ1) is 12.2. The molecule has 0 amide bonds. The zero-order valence-corrected chi connectivity index (χ0v) is 16.3. The zero-order chi connectivity index (χ0) is 19.3. The van der Waals surface area contributed by atoms with Crippen molar-refractivity contribution in [3.63, 3.8) is 0 Å². The third-order valence-corrected chi connectivity index (χ3v) is 6.02. The van der Waals surface area contributed by atoms with Gasteiger partial charge in [-0.25, -0.2) is 18.0 Å². The fraction of sp³-hybridized carbons (Fsp3) is 0.529. The average molecular weight is 404 g/mol. The number of rotatable bonds is 6. The molecule has 0 saturated carbocycles. The Labute approximate surface area is 158 Å². The van der Waals surface area contributed by atoms with Gasteiger partial charge in [-0.2, -0.15) is 4.31 Å². The molecule has 26 heavy (non-hydrogen) atoms. The molecule has 1 aromatic rings. The lowest BCUT2D eigenvalue weighted by molar-refractivity contribution is -0.150. The predicted molar refractivity (Wildman–Crippen MR) is 95.6 cm³/mol. The van der Waals surface area contributed by atoms with Crippen LogP contribution in [0, 0.1) is 0 Å². The number of sulfonamides is 1. The molecule has 0 unspecified atom stereocenters. The number of benzene rings is 1. The van der Waals surface area contributed by atoms with E-state index in [1.165, 1.54) is 22.5 Å². The number of piperidine rings is 1. The first-order valence-corrected chi connectivity index (χ1v) is 10.2. The van der Waals surface area contributed by atoms with Gasteiger partial charge in [-0.3, -0.25) is 0 Å². The number of esters is 2. The van der Waals surface area contributed by atoms with Crippen LogP contribution in [0.3, 0.4) is 0 Å². The van der Waals surface area contributed by atoms with Crippen molar-refractivity contribution >= 4 is 33.6 Å². The fourth-order valence-corrected chi connectivity index (χ4v) is 4.31. The fourth-order valence-electron chi connectivity index (χ4n) is 2.57. The Hall–Kier alpha value is -1.64. The van der Waals surface area contributed by atoms with E-state index in [0.717, 1.165) is 19.3 Å². The molecule has 0 N–H and O–H groups in total. The number of halogens is 1. The summed E-state index contributed by atoms with van der Waals surface area (Å²) in [5.74, 6) is -1.58. The van der Waals surface area contributed by atoms with Crippen molar-refractivity contribution in [1.82, 2.24) is 4.31 Å². The Morgan fingerprint density at radius 1 is 1.19 bits per heavy atom. The van der Waals surface area contributed by atoms with Crippen molar-refractivity contribution < 1.29 is 27.5 Å². The smallest absolute Gasteiger partial charge is 0.344 e. The monoisotopic (exact) mass is 403 g/mol. The van der Waals surface area contributed by atoms with Gasteiger partial charge >= 0.3 is 11.9 Å². The van der Waals surface area contributed by atoms with Gasteiger partial charge in [0.15, 0.2) is 6.61 Å². The molecule has 9 heteroatoms. The maximum absolute atomic E-state index is 12.7. The molecule has 1 aromatic carbocycles. The Balaban J connectivity index is 2.16. The number of hydrogen-bond acceptors (Lipinski definition) is 6. The number of ether oxygens (including phenoxy) is 2. The molecule has 144 valence electrons. The van der Waals surface area contributed by atoms with Gasteiger partial charge in [0.25, 0.3) is 0 Å². The third kappa shape index (κ3) is 5.18. The summed E-state index contributed by atoms with van der Waals surface area (Å²) in [5, 5.41) is 0.0461. The van der Waals surface area contributed by atoms with Crippen LogP contribution in [0.1, 0.15) is 43.5 Å². The summed E-state index contributed by atoms with van der Waals surface area (Å²) in [5.41, 5.74) is -0.109. The van der Waals surface area contributed by atoms with Gasteiger partial charge in [-0.15, -0.1) is 0 Å². The van der Waals surface area contributed by atoms with E-state index in [4.69, 9.17) is 21.1 Å². The lowest BCUT2D eigenvalue weighted by Gasteiger charge is -2.26.